The van der Waals surface area contributed by atoms with E-state index in [9.17, 15) is 8.42 Å². The van der Waals surface area contributed by atoms with E-state index in [-0.39, 0.29) is 13.0 Å². The average molecular weight is 304 g/mol. The first-order valence-corrected chi connectivity index (χ1v) is 8.72. The van der Waals surface area contributed by atoms with Crippen LogP contribution >= 0.6 is 0 Å². The summed E-state index contributed by atoms with van der Waals surface area (Å²) in [6.45, 7) is 0.803. The molecule has 0 radical (unpaired) electrons. The van der Waals surface area contributed by atoms with Gasteiger partial charge in [-0.2, -0.15) is 9.57 Å². The van der Waals surface area contributed by atoms with Crippen molar-refractivity contribution in [3.8, 4) is 6.07 Å². The van der Waals surface area contributed by atoms with E-state index in [4.69, 9.17) is 5.26 Å². The van der Waals surface area contributed by atoms with Crippen molar-refractivity contribution in [2.45, 2.75) is 25.7 Å². The fourth-order valence-corrected chi connectivity index (χ4v) is 3.54. The third-order valence-electron chi connectivity index (χ3n) is 3.75. The summed E-state index contributed by atoms with van der Waals surface area (Å²) in [5.74, 6) is 0.448. The van der Waals surface area contributed by atoms with Crippen molar-refractivity contribution in [2.24, 2.45) is 5.92 Å². The Morgan fingerprint density at radius 2 is 2.00 bits per heavy atom. The minimum Gasteiger partial charge on any atom is -0.208 e. The molecule has 1 fully saturated rings. The first-order chi connectivity index (χ1) is 10.1. The first-order valence-electron chi connectivity index (χ1n) is 7.22. The van der Waals surface area contributed by atoms with Gasteiger partial charge in [-0.05, 0) is 30.4 Å². The fraction of sp³-hybridized carbons (Fsp3) is 0.438. The molecule has 1 aromatic carbocycles. The fourth-order valence-electron chi connectivity index (χ4n) is 2.28. The van der Waals surface area contributed by atoms with E-state index >= 15 is 0 Å². The van der Waals surface area contributed by atoms with E-state index in [1.54, 1.807) is 6.08 Å². The zero-order valence-corrected chi connectivity index (χ0v) is 12.8. The van der Waals surface area contributed by atoms with Crippen LogP contribution in [-0.4, -0.2) is 25.8 Å². The van der Waals surface area contributed by atoms with Gasteiger partial charge in [-0.15, -0.1) is 0 Å². The smallest absolute Gasteiger partial charge is 0.208 e. The van der Waals surface area contributed by atoms with E-state index in [2.05, 4.69) is 0 Å². The molecule has 1 aromatic rings. The van der Waals surface area contributed by atoms with Crippen LogP contribution in [0.15, 0.2) is 35.7 Å². The molecule has 0 bridgehead atoms. The number of nitriles is 1. The predicted molar refractivity (Wildman–Crippen MR) is 83.5 cm³/mol. The van der Waals surface area contributed by atoms with Crippen LogP contribution in [0, 0.1) is 17.2 Å². The second kappa shape index (κ2) is 7.39. The van der Waals surface area contributed by atoms with Gasteiger partial charge in [0.1, 0.15) is 0 Å². The van der Waals surface area contributed by atoms with Gasteiger partial charge in [0.2, 0.25) is 10.0 Å². The van der Waals surface area contributed by atoms with Crippen molar-refractivity contribution in [2.75, 3.05) is 13.1 Å². The van der Waals surface area contributed by atoms with Crippen molar-refractivity contribution in [3.05, 3.63) is 41.3 Å². The Hall–Kier alpha value is -1.64. The standard InChI is InChI=1S/C16H20N2O2S/c17-11-5-12-18(14-16-8-4-9-16)21(19,20)13-10-15-6-2-1-3-7-15/h1-3,6-7,10,13,16H,4-5,8-9,12,14H2/b13-10+. The molecule has 0 N–H and O–H groups in total. The monoisotopic (exact) mass is 304 g/mol. The summed E-state index contributed by atoms with van der Waals surface area (Å²) in [5.41, 5.74) is 0.852. The molecule has 1 aliphatic carbocycles. The highest BCUT2D eigenvalue weighted by Crippen LogP contribution is 2.28. The molecule has 112 valence electrons. The predicted octanol–water partition coefficient (Wildman–Crippen LogP) is 3.00. The minimum absolute atomic E-state index is 0.227. The van der Waals surface area contributed by atoms with E-state index in [0.29, 0.717) is 12.5 Å². The maximum absolute atomic E-state index is 12.4. The average Bonchev–Trinajstić information content (AvgIpc) is 2.44. The summed E-state index contributed by atoms with van der Waals surface area (Å²) < 4.78 is 26.3. The largest absolute Gasteiger partial charge is 0.236 e. The molecule has 5 heteroatoms. The molecule has 0 spiro atoms. The van der Waals surface area contributed by atoms with E-state index in [1.807, 2.05) is 36.4 Å². The van der Waals surface area contributed by atoms with Crippen molar-refractivity contribution in [3.63, 3.8) is 0 Å². The topological polar surface area (TPSA) is 61.2 Å². The molecule has 0 amide bonds. The maximum atomic E-state index is 12.4. The van der Waals surface area contributed by atoms with Crippen LogP contribution in [0.2, 0.25) is 0 Å². The van der Waals surface area contributed by atoms with Crippen molar-refractivity contribution in [1.29, 1.82) is 5.26 Å². The van der Waals surface area contributed by atoms with Gasteiger partial charge in [0, 0.05) is 24.9 Å². The molecule has 0 aliphatic heterocycles. The first kappa shape index (κ1) is 15.7. The highest BCUT2D eigenvalue weighted by molar-refractivity contribution is 7.92. The molecular weight excluding hydrogens is 284 g/mol. The zero-order chi connectivity index (χ0) is 15.1. The Morgan fingerprint density at radius 3 is 2.57 bits per heavy atom. The SMILES string of the molecule is N#CCCN(CC1CCC1)S(=O)(=O)/C=C/c1ccccc1. The highest BCUT2D eigenvalue weighted by Gasteiger charge is 2.26. The summed E-state index contributed by atoms with van der Waals surface area (Å²) >= 11 is 0. The summed E-state index contributed by atoms with van der Waals surface area (Å²) in [7, 11) is -3.46. The third kappa shape index (κ3) is 4.69. The van der Waals surface area contributed by atoms with Crippen LogP contribution in [0.3, 0.4) is 0 Å². The Bertz CT molecular complexity index is 613. The summed E-state index contributed by atoms with van der Waals surface area (Å²) in [6, 6.07) is 11.4. The molecule has 0 unspecified atom stereocenters. The number of hydrogen-bond donors (Lipinski definition) is 0. The molecule has 1 aliphatic rings. The van der Waals surface area contributed by atoms with Crippen LogP contribution in [0.4, 0.5) is 0 Å². The summed E-state index contributed by atoms with van der Waals surface area (Å²) in [4.78, 5) is 0. The number of benzene rings is 1. The van der Waals surface area contributed by atoms with Crippen LogP contribution in [0.1, 0.15) is 31.2 Å². The van der Waals surface area contributed by atoms with Gasteiger partial charge in [0.25, 0.3) is 0 Å². The minimum atomic E-state index is -3.46. The normalized spacial score (nSPS) is 16.0. The maximum Gasteiger partial charge on any atom is 0.236 e. The quantitative estimate of drug-likeness (QED) is 0.778. The third-order valence-corrected chi connectivity index (χ3v) is 5.28. The molecular formula is C16H20N2O2S. The van der Waals surface area contributed by atoms with Crippen molar-refractivity contribution in [1.82, 2.24) is 4.31 Å². The lowest BCUT2D eigenvalue weighted by Crippen LogP contribution is -2.36. The van der Waals surface area contributed by atoms with Crippen molar-refractivity contribution >= 4 is 16.1 Å². The number of rotatable bonds is 7. The molecule has 2 rings (SSSR count). The van der Waals surface area contributed by atoms with Crippen LogP contribution in [-0.2, 0) is 10.0 Å². The molecule has 0 saturated heterocycles. The summed E-state index contributed by atoms with van der Waals surface area (Å²) in [5, 5.41) is 9.95. The lowest BCUT2D eigenvalue weighted by molar-refractivity contribution is 0.248. The van der Waals surface area contributed by atoms with Gasteiger partial charge in [-0.3, -0.25) is 0 Å². The van der Waals surface area contributed by atoms with E-state index in [0.717, 1.165) is 18.4 Å². The molecule has 4 nitrogen and oxygen atoms in total. The van der Waals surface area contributed by atoms with Crippen LogP contribution in [0.25, 0.3) is 6.08 Å². The summed E-state index contributed by atoms with van der Waals surface area (Å²) in [6.07, 6.45) is 5.18. The second-order valence-corrected chi connectivity index (χ2v) is 7.14. The zero-order valence-electron chi connectivity index (χ0n) is 12.0. The molecule has 0 aromatic heterocycles. The number of sulfonamides is 1. The Balaban J connectivity index is 2.08. The van der Waals surface area contributed by atoms with E-state index < -0.39 is 10.0 Å². The van der Waals surface area contributed by atoms with Gasteiger partial charge in [-0.1, -0.05) is 36.8 Å². The lowest BCUT2D eigenvalue weighted by Gasteiger charge is -2.30. The van der Waals surface area contributed by atoms with Crippen molar-refractivity contribution < 1.29 is 8.42 Å². The van der Waals surface area contributed by atoms with Gasteiger partial charge < -0.3 is 0 Å². The van der Waals surface area contributed by atoms with Gasteiger partial charge in [0.15, 0.2) is 0 Å². The van der Waals surface area contributed by atoms with Gasteiger partial charge in [0.05, 0.1) is 6.07 Å². The Labute approximate surface area is 126 Å². The van der Waals surface area contributed by atoms with Crippen LogP contribution in [0.5, 0.6) is 0 Å². The van der Waals surface area contributed by atoms with E-state index in [1.165, 1.54) is 16.1 Å². The highest BCUT2D eigenvalue weighted by atomic mass is 32.2. The molecule has 0 heterocycles. The molecule has 1 saturated carbocycles. The number of nitrogens with zero attached hydrogens (tertiary/aromatic N) is 2. The second-order valence-electron chi connectivity index (χ2n) is 5.32. The molecule has 21 heavy (non-hydrogen) atoms. The Kier molecular flexibility index (Phi) is 5.54. The van der Waals surface area contributed by atoms with Gasteiger partial charge >= 0.3 is 0 Å². The van der Waals surface area contributed by atoms with Gasteiger partial charge in [-0.25, -0.2) is 8.42 Å². The van der Waals surface area contributed by atoms with Crippen LogP contribution < -0.4 is 0 Å². The lowest BCUT2D eigenvalue weighted by atomic mass is 9.85. The molecule has 0 atom stereocenters. The number of hydrogen-bond acceptors (Lipinski definition) is 3. The Morgan fingerprint density at radius 1 is 1.29 bits per heavy atom.